The summed E-state index contributed by atoms with van der Waals surface area (Å²) in [5, 5.41) is 0.315. The summed E-state index contributed by atoms with van der Waals surface area (Å²) in [6.45, 7) is 2.82. The molecule has 0 radical (unpaired) electrons. The van der Waals surface area contributed by atoms with E-state index in [2.05, 4.69) is 11.8 Å². The van der Waals surface area contributed by atoms with E-state index in [1.165, 1.54) is 14.2 Å². The number of amides is 1. The fraction of sp³-hybridized carbons (Fsp3) is 0.522. The lowest BCUT2D eigenvalue weighted by atomic mass is 9.63. The van der Waals surface area contributed by atoms with Gasteiger partial charge in [0, 0.05) is 49.2 Å². The molecule has 0 unspecified atom stereocenters. The fourth-order valence-electron chi connectivity index (χ4n) is 4.56. The molecular formula is C23H26ClNO5. The van der Waals surface area contributed by atoms with E-state index in [-0.39, 0.29) is 29.5 Å². The molecule has 30 heavy (non-hydrogen) atoms. The van der Waals surface area contributed by atoms with E-state index in [1.54, 1.807) is 24.0 Å². The molecule has 160 valence electrons. The zero-order valence-corrected chi connectivity index (χ0v) is 18.3. The molecule has 3 rings (SSSR count). The summed E-state index contributed by atoms with van der Waals surface area (Å²) >= 11 is 6.47. The number of piperidine rings is 1. The summed E-state index contributed by atoms with van der Waals surface area (Å²) in [4.78, 5) is 40.1. The summed E-state index contributed by atoms with van der Waals surface area (Å²) < 4.78 is 10.4. The van der Waals surface area contributed by atoms with Crippen molar-refractivity contribution in [3.05, 3.63) is 28.3 Å². The van der Waals surface area contributed by atoms with Crippen LogP contribution < -0.4 is 4.74 Å². The number of hydrogen-bond donors (Lipinski definition) is 0. The van der Waals surface area contributed by atoms with Crippen molar-refractivity contribution >= 4 is 29.1 Å². The Morgan fingerprint density at radius 1 is 1.20 bits per heavy atom. The number of carbonyl (C=O) groups is 3. The predicted molar refractivity (Wildman–Crippen MR) is 113 cm³/mol. The summed E-state index contributed by atoms with van der Waals surface area (Å²) in [7, 11) is 2.98. The van der Waals surface area contributed by atoms with Gasteiger partial charge < -0.3 is 14.4 Å². The van der Waals surface area contributed by atoms with Crippen molar-refractivity contribution in [2.75, 3.05) is 33.9 Å². The molecule has 2 aliphatic rings. The third-order valence-electron chi connectivity index (χ3n) is 6.06. The van der Waals surface area contributed by atoms with Crippen LogP contribution in [0.3, 0.4) is 0 Å². The van der Waals surface area contributed by atoms with E-state index in [0.29, 0.717) is 60.7 Å². The lowest BCUT2D eigenvalue weighted by Crippen LogP contribution is -2.49. The van der Waals surface area contributed by atoms with E-state index in [9.17, 15) is 14.4 Å². The number of benzene rings is 1. The number of rotatable bonds is 4. The fourth-order valence-corrected chi connectivity index (χ4v) is 4.88. The molecule has 1 amide bonds. The van der Waals surface area contributed by atoms with Crippen LogP contribution in [0.5, 0.6) is 5.75 Å². The van der Waals surface area contributed by atoms with Gasteiger partial charge in [-0.05, 0) is 37.3 Å². The van der Waals surface area contributed by atoms with E-state index in [1.807, 2.05) is 0 Å². The first-order chi connectivity index (χ1) is 14.3. The smallest absolute Gasteiger partial charge is 0.248 e. The van der Waals surface area contributed by atoms with E-state index < -0.39 is 5.92 Å². The Labute approximate surface area is 181 Å². The molecule has 1 spiro atoms. The number of likely N-dealkylation sites (tertiary alicyclic amines) is 1. The van der Waals surface area contributed by atoms with Gasteiger partial charge in [0.05, 0.1) is 7.11 Å². The third kappa shape index (κ3) is 4.38. The molecule has 2 fully saturated rings. The Morgan fingerprint density at radius 2 is 1.83 bits per heavy atom. The second kappa shape index (κ2) is 9.20. The number of methoxy groups -OCH3 is 2. The number of ketones is 2. The van der Waals surface area contributed by atoms with Gasteiger partial charge >= 0.3 is 0 Å². The molecule has 1 saturated heterocycles. The Balaban J connectivity index is 1.81. The lowest BCUT2D eigenvalue weighted by molar-refractivity contribution is -0.141. The second-order valence-corrected chi connectivity index (χ2v) is 8.39. The summed E-state index contributed by atoms with van der Waals surface area (Å²) in [5.74, 6) is 4.86. The van der Waals surface area contributed by atoms with Gasteiger partial charge in [0.1, 0.15) is 29.8 Å². The third-order valence-corrected chi connectivity index (χ3v) is 6.37. The highest BCUT2D eigenvalue weighted by Crippen LogP contribution is 2.48. The van der Waals surface area contributed by atoms with Crippen molar-refractivity contribution in [3.63, 3.8) is 0 Å². The highest BCUT2D eigenvalue weighted by atomic mass is 35.5. The lowest BCUT2D eigenvalue weighted by Gasteiger charge is -2.44. The number of hydrogen-bond acceptors (Lipinski definition) is 5. The average molecular weight is 432 g/mol. The minimum absolute atomic E-state index is 0.0453. The molecule has 1 aliphatic carbocycles. The van der Waals surface area contributed by atoms with Crippen LogP contribution in [0.15, 0.2) is 12.1 Å². The Morgan fingerprint density at radius 3 is 2.37 bits per heavy atom. The van der Waals surface area contributed by atoms with Crippen molar-refractivity contribution in [2.24, 2.45) is 5.41 Å². The Hall–Kier alpha value is -2.36. The first-order valence-electron chi connectivity index (χ1n) is 9.96. The van der Waals surface area contributed by atoms with Crippen molar-refractivity contribution in [2.45, 2.75) is 38.5 Å². The first kappa shape index (κ1) is 22.3. The highest BCUT2D eigenvalue weighted by Gasteiger charge is 2.48. The largest absolute Gasteiger partial charge is 0.496 e. The molecule has 0 atom stereocenters. The minimum atomic E-state index is -0.921. The molecule has 1 aromatic carbocycles. The molecule has 0 aromatic heterocycles. The number of ether oxygens (including phenoxy) is 2. The quantitative estimate of drug-likeness (QED) is 0.541. The maximum Gasteiger partial charge on any atom is 0.248 e. The molecule has 6 nitrogen and oxygen atoms in total. The molecule has 1 heterocycles. The summed E-state index contributed by atoms with van der Waals surface area (Å²) in [6.07, 6.45) is 1.85. The zero-order valence-electron chi connectivity index (χ0n) is 17.5. The molecule has 1 aliphatic heterocycles. The first-order valence-corrected chi connectivity index (χ1v) is 10.3. The predicted octanol–water partition coefficient (Wildman–Crippen LogP) is 2.99. The van der Waals surface area contributed by atoms with Gasteiger partial charge in [-0.3, -0.25) is 14.4 Å². The molecule has 7 heteroatoms. The topological polar surface area (TPSA) is 72.9 Å². The van der Waals surface area contributed by atoms with Gasteiger partial charge in [0.25, 0.3) is 0 Å². The van der Waals surface area contributed by atoms with Crippen LogP contribution >= 0.6 is 11.6 Å². The normalized spacial score (nSPS) is 18.9. The van der Waals surface area contributed by atoms with Crippen LogP contribution in [0.2, 0.25) is 5.02 Å². The van der Waals surface area contributed by atoms with Gasteiger partial charge in [-0.2, -0.15) is 0 Å². The van der Waals surface area contributed by atoms with Crippen molar-refractivity contribution in [3.8, 4) is 17.6 Å². The average Bonchev–Trinajstić information content (AvgIpc) is 2.69. The van der Waals surface area contributed by atoms with Crippen LogP contribution in [-0.4, -0.2) is 56.3 Å². The maximum absolute atomic E-state index is 13.2. The molecule has 1 saturated carbocycles. The van der Waals surface area contributed by atoms with Gasteiger partial charge in [-0.1, -0.05) is 17.5 Å². The van der Waals surface area contributed by atoms with Crippen molar-refractivity contribution in [1.82, 2.24) is 4.90 Å². The van der Waals surface area contributed by atoms with Crippen molar-refractivity contribution < 1.29 is 23.9 Å². The standard InChI is InChI=1S/C23H26ClNO5/c1-4-5-15-10-16(24)21(19(11-15)30-3)22-17(26)12-23(13-18(22)27)6-8-25(9-7-23)20(28)14-29-2/h10-11,22H,6-9,12-14H2,1-3H3. The van der Waals surface area contributed by atoms with Crippen LogP contribution in [-0.2, 0) is 19.1 Å². The summed E-state index contributed by atoms with van der Waals surface area (Å²) in [6, 6.07) is 3.38. The van der Waals surface area contributed by atoms with E-state index >= 15 is 0 Å². The number of halogens is 1. The maximum atomic E-state index is 13.2. The highest BCUT2D eigenvalue weighted by molar-refractivity contribution is 6.32. The number of Topliss-reactive ketones (excluding diaryl/α,β-unsaturated/α-hetero) is 2. The Kier molecular flexibility index (Phi) is 6.84. The monoisotopic (exact) mass is 431 g/mol. The minimum Gasteiger partial charge on any atom is -0.496 e. The summed E-state index contributed by atoms with van der Waals surface area (Å²) in [5.41, 5.74) is 0.712. The van der Waals surface area contributed by atoms with E-state index in [0.717, 1.165) is 0 Å². The van der Waals surface area contributed by atoms with Crippen LogP contribution in [0, 0.1) is 17.3 Å². The van der Waals surface area contributed by atoms with Crippen molar-refractivity contribution in [1.29, 1.82) is 0 Å². The van der Waals surface area contributed by atoms with Crippen LogP contribution in [0.25, 0.3) is 0 Å². The molecule has 1 aromatic rings. The van der Waals surface area contributed by atoms with Gasteiger partial charge in [0.2, 0.25) is 5.91 Å². The van der Waals surface area contributed by atoms with Gasteiger partial charge in [-0.15, -0.1) is 5.92 Å². The van der Waals surface area contributed by atoms with E-state index in [4.69, 9.17) is 21.1 Å². The number of nitrogens with zero attached hydrogens (tertiary/aromatic N) is 1. The van der Waals surface area contributed by atoms with Gasteiger partial charge in [-0.25, -0.2) is 0 Å². The van der Waals surface area contributed by atoms with Crippen LogP contribution in [0.1, 0.15) is 49.7 Å². The zero-order chi connectivity index (χ0) is 21.9. The number of carbonyl (C=O) groups excluding carboxylic acids is 3. The van der Waals surface area contributed by atoms with Gasteiger partial charge in [0.15, 0.2) is 0 Å². The molecule has 0 bridgehead atoms. The molecule has 0 N–H and O–H groups in total. The second-order valence-electron chi connectivity index (χ2n) is 7.98. The SMILES string of the molecule is CC#Cc1cc(Cl)c(C2C(=O)CC3(CCN(C(=O)COC)CC3)CC2=O)c(OC)c1. The van der Waals surface area contributed by atoms with Crippen LogP contribution in [0.4, 0.5) is 0 Å². The Bertz CT molecular complexity index is 902. The molecular weight excluding hydrogens is 406 g/mol.